The van der Waals surface area contributed by atoms with Gasteiger partial charge in [0.05, 0.1) is 0 Å². The number of hydrogen-bond acceptors (Lipinski definition) is 0. The Morgan fingerprint density at radius 2 is 2.00 bits per heavy atom. The number of benzene rings is 1. The Hall–Kier alpha value is -0.0400. The average molecular weight is 152 g/mol. The van der Waals surface area contributed by atoms with E-state index in [4.69, 9.17) is 0 Å². The first-order chi connectivity index (χ1) is 4.88. The smallest absolute Gasteiger partial charge is 0.269 e. The molecule has 2 rings (SSSR count). The van der Waals surface area contributed by atoms with Crippen LogP contribution in [0.5, 0.6) is 0 Å². The van der Waals surface area contributed by atoms with Crippen LogP contribution in [-0.4, -0.2) is 0 Å². The fourth-order valence-corrected chi connectivity index (χ4v) is 1.34. The first kappa shape index (κ1) is 9.05. The molecule has 11 heavy (non-hydrogen) atoms. The van der Waals surface area contributed by atoms with Crippen molar-refractivity contribution in [2.75, 3.05) is 0 Å². The molecule has 1 aliphatic carbocycles. The minimum atomic E-state index is 0. The van der Waals surface area contributed by atoms with Crippen molar-refractivity contribution in [2.45, 2.75) is 12.8 Å². The zero-order valence-corrected chi connectivity index (χ0v) is 8.96. The average Bonchev–Trinajstić information content (AvgIpc) is 2.34. The van der Waals surface area contributed by atoms with Crippen molar-refractivity contribution in [3.63, 3.8) is 0 Å². The monoisotopic (exact) mass is 152 g/mol. The van der Waals surface area contributed by atoms with Gasteiger partial charge in [0.1, 0.15) is 0 Å². The van der Waals surface area contributed by atoms with E-state index in [-0.39, 0.29) is 29.6 Å². The molecule has 0 heterocycles. The summed E-state index contributed by atoms with van der Waals surface area (Å²) in [5.41, 5.74) is 2.73. The molecule has 1 unspecified atom stereocenters. The van der Waals surface area contributed by atoms with Crippen LogP contribution < -0.4 is 29.6 Å². The fourth-order valence-electron chi connectivity index (χ4n) is 1.34. The van der Waals surface area contributed by atoms with Crippen LogP contribution in [0.25, 0.3) is 6.08 Å². The Balaban J connectivity index is 0.000000605. The van der Waals surface area contributed by atoms with Crippen LogP contribution in [-0.2, 0) is 0 Å². The molecule has 1 aromatic carbocycles. The number of allylic oxidation sites excluding steroid dienone is 1. The van der Waals surface area contributed by atoms with Crippen molar-refractivity contribution in [2.24, 2.45) is 0 Å². The predicted molar refractivity (Wildman–Crippen MR) is 42.6 cm³/mol. The summed E-state index contributed by atoms with van der Waals surface area (Å²) in [5, 5.41) is 0. The Morgan fingerprint density at radius 3 is 2.73 bits per heavy atom. The maximum Gasteiger partial charge on any atom is 1.00 e. The first-order valence-corrected chi connectivity index (χ1v) is 3.56. The zero-order valence-electron chi connectivity index (χ0n) is 6.96. The molecule has 0 saturated carbocycles. The number of hydrogen-bond donors (Lipinski definition) is 0. The molecule has 0 aromatic heterocycles. The molecule has 0 aliphatic heterocycles. The second-order valence-electron chi connectivity index (χ2n) is 2.66. The number of rotatable bonds is 0. The van der Waals surface area contributed by atoms with Crippen LogP contribution in [0.3, 0.4) is 0 Å². The maximum absolute atomic E-state index is 3.26. The minimum Gasteiger partial charge on any atom is -0.269 e. The molecule has 0 radical (unpaired) electrons. The topological polar surface area (TPSA) is 0 Å². The van der Waals surface area contributed by atoms with Crippen molar-refractivity contribution in [1.82, 2.24) is 0 Å². The van der Waals surface area contributed by atoms with E-state index in [2.05, 4.69) is 43.3 Å². The van der Waals surface area contributed by atoms with Crippen LogP contribution in [0.1, 0.15) is 24.0 Å². The third kappa shape index (κ3) is 1.58. The van der Waals surface area contributed by atoms with Gasteiger partial charge >= 0.3 is 29.6 Å². The Kier molecular flexibility index (Phi) is 2.94. The molecule has 1 aromatic rings. The van der Waals surface area contributed by atoms with Crippen LogP contribution in [0, 0.1) is 6.08 Å². The van der Waals surface area contributed by atoms with Crippen molar-refractivity contribution in [1.29, 1.82) is 0 Å². The maximum atomic E-state index is 3.26. The molecule has 1 atom stereocenters. The van der Waals surface area contributed by atoms with Gasteiger partial charge in [-0.1, -0.05) is 31.0 Å². The van der Waals surface area contributed by atoms with Gasteiger partial charge in [0, 0.05) is 0 Å². The molecule has 0 amide bonds. The molecule has 0 bridgehead atoms. The molecule has 0 N–H and O–H groups in total. The van der Waals surface area contributed by atoms with Gasteiger partial charge in [-0.05, 0) is 0 Å². The third-order valence-corrected chi connectivity index (χ3v) is 1.95. The molecule has 0 spiro atoms. The van der Waals surface area contributed by atoms with Gasteiger partial charge in [0.2, 0.25) is 0 Å². The summed E-state index contributed by atoms with van der Waals surface area (Å²) in [6.45, 7) is 2.17. The van der Waals surface area contributed by atoms with Gasteiger partial charge in [-0.2, -0.15) is 5.56 Å². The summed E-state index contributed by atoms with van der Waals surface area (Å²) < 4.78 is 0. The first-order valence-electron chi connectivity index (χ1n) is 3.56. The van der Waals surface area contributed by atoms with Crippen molar-refractivity contribution in [3.05, 3.63) is 41.5 Å². The van der Waals surface area contributed by atoms with Crippen LogP contribution >= 0.6 is 0 Å². The van der Waals surface area contributed by atoms with E-state index in [9.17, 15) is 0 Å². The van der Waals surface area contributed by atoms with E-state index in [0.29, 0.717) is 5.92 Å². The molecule has 0 fully saturated rings. The van der Waals surface area contributed by atoms with Gasteiger partial charge in [0.25, 0.3) is 0 Å². The van der Waals surface area contributed by atoms with Crippen LogP contribution in [0.15, 0.2) is 24.3 Å². The summed E-state index contributed by atoms with van der Waals surface area (Å²) in [4.78, 5) is 0. The summed E-state index contributed by atoms with van der Waals surface area (Å²) in [6, 6.07) is 8.44. The van der Waals surface area contributed by atoms with Crippen molar-refractivity contribution >= 4 is 6.08 Å². The summed E-state index contributed by atoms with van der Waals surface area (Å²) >= 11 is 0. The van der Waals surface area contributed by atoms with E-state index >= 15 is 0 Å². The Labute approximate surface area is 89.6 Å². The second kappa shape index (κ2) is 3.57. The molecular formula is C10H9Na. The normalized spacial score (nSPS) is 19.2. The molecule has 0 nitrogen and oxygen atoms in total. The van der Waals surface area contributed by atoms with Gasteiger partial charge in [-0.25, -0.2) is 6.08 Å². The van der Waals surface area contributed by atoms with E-state index in [0.717, 1.165) is 0 Å². The third-order valence-electron chi connectivity index (χ3n) is 1.95. The summed E-state index contributed by atoms with van der Waals surface area (Å²) in [6.07, 6.45) is 5.33. The fraction of sp³-hybridized carbons (Fsp3) is 0.200. The second-order valence-corrected chi connectivity index (χ2v) is 2.66. The van der Waals surface area contributed by atoms with Gasteiger partial charge in [-0.15, -0.1) is 11.6 Å². The molecule has 1 heteroatoms. The van der Waals surface area contributed by atoms with E-state index in [1.807, 2.05) is 0 Å². The van der Waals surface area contributed by atoms with E-state index in [1.54, 1.807) is 0 Å². The largest absolute Gasteiger partial charge is 1.00 e. The van der Waals surface area contributed by atoms with Gasteiger partial charge < -0.3 is 0 Å². The molecular weight excluding hydrogens is 143 g/mol. The van der Waals surface area contributed by atoms with E-state index in [1.165, 1.54) is 11.1 Å². The minimum absolute atomic E-state index is 0. The zero-order chi connectivity index (χ0) is 6.97. The SMILES string of the molecule is CC1[C-]=Cc2ccccc21.[Na+]. The molecule has 1 aliphatic rings. The van der Waals surface area contributed by atoms with Crippen molar-refractivity contribution in [3.8, 4) is 0 Å². The number of fused-ring (bicyclic) bond motifs is 1. The molecule has 0 saturated heterocycles. The quantitative estimate of drug-likeness (QED) is 0.351. The van der Waals surface area contributed by atoms with Crippen LogP contribution in [0.4, 0.5) is 0 Å². The Bertz CT molecular complexity index is 276. The summed E-state index contributed by atoms with van der Waals surface area (Å²) in [7, 11) is 0. The predicted octanol–water partition coefficient (Wildman–Crippen LogP) is -0.376. The van der Waals surface area contributed by atoms with Gasteiger partial charge in [0.15, 0.2) is 0 Å². The molecule has 50 valence electrons. The van der Waals surface area contributed by atoms with Crippen LogP contribution in [0.2, 0.25) is 0 Å². The van der Waals surface area contributed by atoms with Crippen molar-refractivity contribution < 1.29 is 29.6 Å². The van der Waals surface area contributed by atoms with Gasteiger partial charge in [-0.3, -0.25) is 6.08 Å². The standard InChI is InChI=1S/C10H9.Na/c1-8-6-7-9-4-2-3-5-10(8)9;/h2-5,7-8H,1H3;/q-1;+1. The van der Waals surface area contributed by atoms with E-state index < -0.39 is 0 Å². The Morgan fingerprint density at radius 1 is 1.27 bits per heavy atom. The summed E-state index contributed by atoms with van der Waals surface area (Å²) in [5.74, 6) is 0.496.